The number of carbonyl (C=O) groups excluding carboxylic acids is 2. The van der Waals surface area contributed by atoms with Gasteiger partial charge in [-0.05, 0) is 48.9 Å². The van der Waals surface area contributed by atoms with Crippen molar-refractivity contribution in [3.63, 3.8) is 0 Å². The Morgan fingerprint density at radius 3 is 2.46 bits per heavy atom. The van der Waals surface area contributed by atoms with Crippen LogP contribution in [0.15, 0.2) is 48.5 Å². The molecule has 0 radical (unpaired) electrons. The standard InChI is InChI=1S/C20H24N2O4/c1-15-5-4-6-18(13-15)26-12-11-20(24)22(2)14-19(23)21-16-7-9-17(25-3)10-8-16/h4-10,13H,11-12,14H2,1-3H3,(H,21,23). The lowest BCUT2D eigenvalue weighted by molar-refractivity contribution is -0.133. The van der Waals surface area contributed by atoms with Gasteiger partial charge in [-0.3, -0.25) is 9.59 Å². The van der Waals surface area contributed by atoms with Crippen molar-refractivity contribution in [2.75, 3.05) is 32.6 Å². The van der Waals surface area contributed by atoms with E-state index < -0.39 is 0 Å². The van der Waals surface area contributed by atoms with Crippen LogP contribution >= 0.6 is 0 Å². The number of carbonyl (C=O) groups is 2. The maximum atomic E-state index is 12.1. The maximum absolute atomic E-state index is 12.1. The first-order chi connectivity index (χ1) is 12.5. The van der Waals surface area contributed by atoms with Crippen molar-refractivity contribution in [1.82, 2.24) is 4.90 Å². The minimum Gasteiger partial charge on any atom is -0.497 e. The Morgan fingerprint density at radius 1 is 1.08 bits per heavy atom. The smallest absolute Gasteiger partial charge is 0.243 e. The van der Waals surface area contributed by atoms with Crippen LogP contribution < -0.4 is 14.8 Å². The highest BCUT2D eigenvalue weighted by molar-refractivity contribution is 5.94. The number of ether oxygens (including phenoxy) is 2. The molecule has 26 heavy (non-hydrogen) atoms. The van der Waals surface area contributed by atoms with Crippen LogP contribution in [0.25, 0.3) is 0 Å². The Bertz CT molecular complexity index is 744. The van der Waals surface area contributed by atoms with E-state index >= 15 is 0 Å². The van der Waals surface area contributed by atoms with Gasteiger partial charge in [-0.1, -0.05) is 12.1 Å². The molecule has 138 valence electrons. The van der Waals surface area contributed by atoms with Crippen LogP contribution in [0.1, 0.15) is 12.0 Å². The molecule has 0 fully saturated rings. The molecule has 0 saturated heterocycles. The lowest BCUT2D eigenvalue weighted by atomic mass is 10.2. The van der Waals surface area contributed by atoms with Crippen LogP contribution in [0.3, 0.4) is 0 Å². The van der Waals surface area contributed by atoms with Crippen molar-refractivity contribution < 1.29 is 19.1 Å². The van der Waals surface area contributed by atoms with Crippen molar-refractivity contribution in [2.24, 2.45) is 0 Å². The van der Waals surface area contributed by atoms with Crippen molar-refractivity contribution in [1.29, 1.82) is 0 Å². The Kier molecular flexibility index (Phi) is 7.02. The molecule has 6 nitrogen and oxygen atoms in total. The largest absolute Gasteiger partial charge is 0.497 e. The predicted molar refractivity (Wildman–Crippen MR) is 101 cm³/mol. The van der Waals surface area contributed by atoms with E-state index in [1.165, 1.54) is 4.90 Å². The molecule has 0 saturated carbocycles. The molecule has 0 aromatic heterocycles. The highest BCUT2D eigenvalue weighted by Gasteiger charge is 2.13. The van der Waals surface area contributed by atoms with Crippen LogP contribution in [0.5, 0.6) is 11.5 Å². The quantitative estimate of drug-likeness (QED) is 0.790. The first-order valence-corrected chi connectivity index (χ1v) is 8.35. The number of nitrogens with zero attached hydrogens (tertiary/aromatic N) is 1. The van der Waals surface area contributed by atoms with E-state index in [1.54, 1.807) is 38.4 Å². The molecular formula is C20H24N2O4. The van der Waals surface area contributed by atoms with Crippen molar-refractivity contribution in [3.8, 4) is 11.5 Å². The summed E-state index contributed by atoms with van der Waals surface area (Å²) in [6.45, 7) is 2.23. The molecule has 6 heteroatoms. The van der Waals surface area contributed by atoms with E-state index in [0.717, 1.165) is 11.3 Å². The fourth-order valence-corrected chi connectivity index (χ4v) is 2.33. The molecule has 0 unspecified atom stereocenters. The van der Waals surface area contributed by atoms with Gasteiger partial charge in [-0.2, -0.15) is 0 Å². The highest BCUT2D eigenvalue weighted by atomic mass is 16.5. The van der Waals surface area contributed by atoms with Gasteiger partial charge in [0.2, 0.25) is 11.8 Å². The summed E-state index contributed by atoms with van der Waals surface area (Å²) in [5.41, 5.74) is 1.75. The zero-order chi connectivity index (χ0) is 18.9. The summed E-state index contributed by atoms with van der Waals surface area (Å²) >= 11 is 0. The molecule has 0 aliphatic rings. The SMILES string of the molecule is COc1ccc(NC(=O)CN(C)C(=O)CCOc2cccc(C)c2)cc1. The van der Waals surface area contributed by atoms with E-state index in [1.807, 2.05) is 31.2 Å². The summed E-state index contributed by atoms with van der Waals surface area (Å²) in [7, 11) is 3.18. The number of benzene rings is 2. The number of methoxy groups -OCH3 is 1. The Balaban J connectivity index is 1.74. The maximum Gasteiger partial charge on any atom is 0.243 e. The fraction of sp³-hybridized carbons (Fsp3) is 0.300. The lowest BCUT2D eigenvalue weighted by Gasteiger charge is -2.17. The normalized spacial score (nSPS) is 10.1. The summed E-state index contributed by atoms with van der Waals surface area (Å²) in [5.74, 6) is 1.04. The molecule has 2 amide bonds. The second-order valence-corrected chi connectivity index (χ2v) is 5.94. The Hall–Kier alpha value is -3.02. The number of likely N-dealkylation sites (N-methyl/N-ethyl adjacent to an activating group) is 1. The van der Waals surface area contributed by atoms with Gasteiger partial charge in [0.05, 0.1) is 26.7 Å². The minimum absolute atomic E-state index is 0.0185. The van der Waals surface area contributed by atoms with E-state index in [0.29, 0.717) is 11.4 Å². The summed E-state index contributed by atoms with van der Waals surface area (Å²) in [6, 6.07) is 14.7. The van der Waals surface area contributed by atoms with Crippen LogP contribution in [-0.2, 0) is 9.59 Å². The number of rotatable bonds is 8. The average molecular weight is 356 g/mol. The van der Waals surface area contributed by atoms with E-state index in [9.17, 15) is 9.59 Å². The van der Waals surface area contributed by atoms with E-state index in [4.69, 9.17) is 9.47 Å². The van der Waals surface area contributed by atoms with Gasteiger partial charge in [0.25, 0.3) is 0 Å². The molecule has 0 aliphatic heterocycles. The third kappa shape index (κ3) is 6.12. The molecular weight excluding hydrogens is 332 g/mol. The van der Waals surface area contributed by atoms with Gasteiger partial charge >= 0.3 is 0 Å². The first kappa shape index (κ1) is 19.3. The van der Waals surface area contributed by atoms with Crippen LogP contribution in [0.2, 0.25) is 0 Å². The molecule has 0 heterocycles. The van der Waals surface area contributed by atoms with Gasteiger partial charge in [0.15, 0.2) is 0 Å². The van der Waals surface area contributed by atoms with E-state index in [2.05, 4.69) is 5.32 Å². The van der Waals surface area contributed by atoms with Crippen LogP contribution in [-0.4, -0.2) is 44.0 Å². The second kappa shape index (κ2) is 9.46. The third-order valence-corrected chi connectivity index (χ3v) is 3.75. The van der Waals surface area contributed by atoms with Crippen molar-refractivity contribution in [2.45, 2.75) is 13.3 Å². The number of hydrogen-bond acceptors (Lipinski definition) is 4. The third-order valence-electron chi connectivity index (χ3n) is 3.75. The summed E-state index contributed by atoms with van der Waals surface area (Å²) in [6.07, 6.45) is 0.209. The van der Waals surface area contributed by atoms with Gasteiger partial charge in [-0.25, -0.2) is 0 Å². The molecule has 0 spiro atoms. The van der Waals surface area contributed by atoms with Gasteiger partial charge in [0, 0.05) is 12.7 Å². The second-order valence-electron chi connectivity index (χ2n) is 5.94. The van der Waals surface area contributed by atoms with E-state index in [-0.39, 0.29) is 31.4 Å². The predicted octanol–water partition coefficient (Wildman–Crippen LogP) is 2.87. The average Bonchev–Trinajstić information content (AvgIpc) is 2.62. The summed E-state index contributed by atoms with van der Waals surface area (Å²) < 4.78 is 10.6. The first-order valence-electron chi connectivity index (χ1n) is 8.35. The van der Waals surface area contributed by atoms with Crippen molar-refractivity contribution >= 4 is 17.5 Å². The molecule has 2 rings (SSSR count). The minimum atomic E-state index is -0.259. The Labute approximate surface area is 153 Å². The summed E-state index contributed by atoms with van der Waals surface area (Å²) in [5, 5.41) is 2.75. The molecule has 2 aromatic rings. The zero-order valence-electron chi connectivity index (χ0n) is 15.3. The highest BCUT2D eigenvalue weighted by Crippen LogP contribution is 2.15. The zero-order valence-corrected chi connectivity index (χ0v) is 15.3. The van der Waals surface area contributed by atoms with Gasteiger partial charge in [0.1, 0.15) is 11.5 Å². The number of nitrogens with one attached hydrogen (secondary N) is 1. The molecule has 2 aromatic carbocycles. The molecule has 0 aliphatic carbocycles. The number of hydrogen-bond donors (Lipinski definition) is 1. The fourth-order valence-electron chi connectivity index (χ4n) is 2.33. The number of aryl methyl sites for hydroxylation is 1. The number of amides is 2. The molecule has 0 atom stereocenters. The van der Waals surface area contributed by atoms with Gasteiger partial charge < -0.3 is 19.7 Å². The van der Waals surface area contributed by atoms with Crippen molar-refractivity contribution in [3.05, 3.63) is 54.1 Å². The Morgan fingerprint density at radius 2 is 1.81 bits per heavy atom. The monoisotopic (exact) mass is 356 g/mol. The molecule has 1 N–H and O–H groups in total. The topological polar surface area (TPSA) is 67.9 Å². The lowest BCUT2D eigenvalue weighted by Crippen LogP contribution is -2.35. The molecule has 0 bridgehead atoms. The van der Waals surface area contributed by atoms with Crippen LogP contribution in [0, 0.1) is 6.92 Å². The number of anilines is 1. The summed E-state index contributed by atoms with van der Waals surface area (Å²) in [4.78, 5) is 25.6. The van der Waals surface area contributed by atoms with Crippen LogP contribution in [0.4, 0.5) is 5.69 Å². The van der Waals surface area contributed by atoms with Gasteiger partial charge in [-0.15, -0.1) is 0 Å².